The third-order valence-electron chi connectivity index (χ3n) is 3.39. The van der Waals surface area contributed by atoms with Gasteiger partial charge in [0.1, 0.15) is 5.82 Å². The number of nitrogens with one attached hydrogen (secondary N) is 1. The Morgan fingerprint density at radius 2 is 2.33 bits per heavy atom. The number of benzene rings is 1. The van der Waals surface area contributed by atoms with Gasteiger partial charge >= 0.3 is 0 Å². The number of nitrogens with zero attached hydrogens (tertiary/aromatic N) is 2. The van der Waals surface area contributed by atoms with Gasteiger partial charge in [0, 0.05) is 42.6 Å². The zero-order valence-corrected chi connectivity index (χ0v) is 11.3. The summed E-state index contributed by atoms with van der Waals surface area (Å²) in [7, 11) is 2.03. The Balaban J connectivity index is 1.58. The first-order chi connectivity index (χ1) is 8.84. The molecule has 94 valence electrons. The van der Waals surface area contributed by atoms with Gasteiger partial charge < -0.3 is 9.88 Å². The van der Waals surface area contributed by atoms with E-state index in [9.17, 15) is 0 Å². The van der Waals surface area contributed by atoms with Crippen LogP contribution in [-0.2, 0) is 13.6 Å². The first-order valence-electron chi connectivity index (χ1n) is 6.23. The Kier molecular flexibility index (Phi) is 3.39. The van der Waals surface area contributed by atoms with Crippen molar-refractivity contribution >= 4 is 11.8 Å². The molecule has 1 aromatic heterocycles. The Bertz CT molecular complexity index is 535. The van der Waals surface area contributed by atoms with E-state index >= 15 is 0 Å². The predicted molar refractivity (Wildman–Crippen MR) is 74.8 cm³/mol. The van der Waals surface area contributed by atoms with Crippen molar-refractivity contribution in [3.8, 4) is 0 Å². The van der Waals surface area contributed by atoms with Gasteiger partial charge in [0.15, 0.2) is 0 Å². The molecule has 1 unspecified atom stereocenters. The van der Waals surface area contributed by atoms with E-state index in [0.29, 0.717) is 5.92 Å². The lowest BCUT2D eigenvalue weighted by atomic mass is 10.0. The summed E-state index contributed by atoms with van der Waals surface area (Å²) in [6, 6.07) is 8.73. The molecule has 0 spiro atoms. The molecule has 1 atom stereocenters. The van der Waals surface area contributed by atoms with Gasteiger partial charge in [-0.2, -0.15) is 0 Å². The first-order valence-corrected chi connectivity index (χ1v) is 7.22. The normalized spacial score (nSPS) is 17.9. The van der Waals surface area contributed by atoms with E-state index in [2.05, 4.69) is 39.1 Å². The van der Waals surface area contributed by atoms with Gasteiger partial charge in [-0.1, -0.05) is 18.2 Å². The molecule has 0 radical (unpaired) electrons. The maximum absolute atomic E-state index is 4.32. The van der Waals surface area contributed by atoms with Crippen LogP contribution in [0.15, 0.2) is 41.6 Å². The molecule has 1 aromatic carbocycles. The second-order valence-electron chi connectivity index (χ2n) is 4.63. The summed E-state index contributed by atoms with van der Waals surface area (Å²) < 4.78 is 2.06. The summed E-state index contributed by atoms with van der Waals surface area (Å²) in [6.45, 7) is 1.86. The van der Waals surface area contributed by atoms with Crippen LogP contribution >= 0.6 is 11.8 Å². The third kappa shape index (κ3) is 2.31. The first kappa shape index (κ1) is 11.8. The molecule has 1 aliphatic rings. The number of hydrogen-bond donors (Lipinski definition) is 1. The molecule has 0 aliphatic carbocycles. The smallest absolute Gasteiger partial charge is 0.122 e. The van der Waals surface area contributed by atoms with Crippen molar-refractivity contribution in [2.45, 2.75) is 17.4 Å². The number of hydrogen-bond acceptors (Lipinski definition) is 3. The molecule has 4 heteroatoms. The highest BCUT2D eigenvalue weighted by molar-refractivity contribution is 7.99. The fourth-order valence-electron chi connectivity index (χ4n) is 2.32. The van der Waals surface area contributed by atoms with Crippen LogP contribution in [0, 0.1) is 0 Å². The van der Waals surface area contributed by atoms with Gasteiger partial charge in [-0.05, 0) is 11.6 Å². The summed E-state index contributed by atoms with van der Waals surface area (Å²) in [4.78, 5) is 5.77. The lowest BCUT2D eigenvalue weighted by Crippen LogP contribution is -2.22. The minimum atomic E-state index is 0.631. The molecular formula is C14H17N3S. The highest BCUT2D eigenvalue weighted by Gasteiger charge is 2.21. The number of aryl methyl sites for hydroxylation is 1. The van der Waals surface area contributed by atoms with Gasteiger partial charge in [0.25, 0.3) is 0 Å². The summed E-state index contributed by atoms with van der Waals surface area (Å²) in [5.74, 6) is 2.91. The minimum absolute atomic E-state index is 0.631. The molecule has 0 fully saturated rings. The average molecular weight is 259 g/mol. The SMILES string of the molecule is Cn1ccnc1CNCC1CSc2ccccc21. The molecule has 0 saturated carbocycles. The maximum Gasteiger partial charge on any atom is 0.122 e. The standard InChI is InChI=1S/C14H17N3S/c1-17-7-6-16-14(17)9-15-8-11-10-18-13-5-3-2-4-12(11)13/h2-7,11,15H,8-10H2,1H3. The van der Waals surface area contributed by atoms with Gasteiger partial charge in [0.05, 0.1) is 6.54 Å². The van der Waals surface area contributed by atoms with E-state index in [1.54, 1.807) is 0 Å². The van der Waals surface area contributed by atoms with Gasteiger partial charge in [-0.25, -0.2) is 4.98 Å². The molecule has 0 amide bonds. The average Bonchev–Trinajstić information content (AvgIpc) is 2.97. The van der Waals surface area contributed by atoms with Crippen LogP contribution in [0.25, 0.3) is 0 Å². The number of rotatable bonds is 4. The van der Waals surface area contributed by atoms with E-state index in [0.717, 1.165) is 18.9 Å². The van der Waals surface area contributed by atoms with Crippen molar-refractivity contribution in [1.29, 1.82) is 0 Å². The molecular weight excluding hydrogens is 242 g/mol. The molecule has 1 N–H and O–H groups in total. The second-order valence-corrected chi connectivity index (χ2v) is 5.69. The quantitative estimate of drug-likeness (QED) is 0.914. The van der Waals surface area contributed by atoms with E-state index in [-0.39, 0.29) is 0 Å². The molecule has 1 aliphatic heterocycles. The van der Waals surface area contributed by atoms with Crippen LogP contribution in [0.5, 0.6) is 0 Å². The molecule has 3 nitrogen and oxygen atoms in total. The monoisotopic (exact) mass is 259 g/mol. The molecule has 0 saturated heterocycles. The molecule has 3 rings (SSSR count). The van der Waals surface area contributed by atoms with E-state index in [1.807, 2.05) is 31.2 Å². The predicted octanol–water partition coefficient (Wildman–Crippen LogP) is 2.40. The summed E-state index contributed by atoms with van der Waals surface area (Å²) in [5.41, 5.74) is 1.50. The zero-order chi connectivity index (χ0) is 12.4. The van der Waals surface area contributed by atoms with Crippen LogP contribution in [0.1, 0.15) is 17.3 Å². The topological polar surface area (TPSA) is 29.9 Å². The third-order valence-corrected chi connectivity index (χ3v) is 4.65. The van der Waals surface area contributed by atoms with Crippen molar-refractivity contribution in [3.63, 3.8) is 0 Å². The van der Waals surface area contributed by atoms with E-state index < -0.39 is 0 Å². The molecule has 2 heterocycles. The number of thioether (sulfide) groups is 1. The van der Waals surface area contributed by atoms with Crippen molar-refractivity contribution in [1.82, 2.24) is 14.9 Å². The minimum Gasteiger partial charge on any atom is -0.337 e. The molecule has 18 heavy (non-hydrogen) atoms. The van der Waals surface area contributed by atoms with E-state index in [4.69, 9.17) is 0 Å². The Morgan fingerprint density at radius 3 is 3.17 bits per heavy atom. The van der Waals surface area contributed by atoms with Gasteiger partial charge in [-0.3, -0.25) is 0 Å². The lowest BCUT2D eigenvalue weighted by molar-refractivity contribution is 0.593. The Morgan fingerprint density at radius 1 is 1.44 bits per heavy atom. The van der Waals surface area contributed by atoms with Crippen LogP contribution in [0.4, 0.5) is 0 Å². The van der Waals surface area contributed by atoms with Crippen LogP contribution < -0.4 is 5.32 Å². The summed E-state index contributed by atoms with van der Waals surface area (Å²) in [6.07, 6.45) is 3.83. The Hall–Kier alpha value is -1.26. The van der Waals surface area contributed by atoms with Gasteiger partial charge in [-0.15, -0.1) is 11.8 Å². The number of imidazole rings is 1. The largest absolute Gasteiger partial charge is 0.337 e. The fraction of sp³-hybridized carbons (Fsp3) is 0.357. The van der Waals surface area contributed by atoms with Crippen LogP contribution in [0.2, 0.25) is 0 Å². The number of aromatic nitrogens is 2. The number of fused-ring (bicyclic) bond motifs is 1. The molecule has 0 bridgehead atoms. The van der Waals surface area contributed by atoms with Crippen molar-refractivity contribution < 1.29 is 0 Å². The zero-order valence-electron chi connectivity index (χ0n) is 10.5. The fourth-order valence-corrected chi connectivity index (χ4v) is 3.58. The summed E-state index contributed by atoms with van der Waals surface area (Å²) in [5, 5.41) is 3.51. The highest BCUT2D eigenvalue weighted by atomic mass is 32.2. The van der Waals surface area contributed by atoms with Crippen molar-refractivity contribution in [3.05, 3.63) is 48.0 Å². The van der Waals surface area contributed by atoms with Gasteiger partial charge in [0.2, 0.25) is 0 Å². The summed E-state index contributed by atoms with van der Waals surface area (Å²) >= 11 is 1.97. The van der Waals surface area contributed by atoms with E-state index in [1.165, 1.54) is 16.2 Å². The molecule has 2 aromatic rings. The lowest BCUT2D eigenvalue weighted by Gasteiger charge is -2.11. The van der Waals surface area contributed by atoms with Crippen molar-refractivity contribution in [2.24, 2.45) is 7.05 Å². The Labute approximate surface area is 112 Å². The van der Waals surface area contributed by atoms with Crippen LogP contribution in [0.3, 0.4) is 0 Å². The van der Waals surface area contributed by atoms with Crippen LogP contribution in [-0.4, -0.2) is 21.8 Å². The van der Waals surface area contributed by atoms with Crippen molar-refractivity contribution in [2.75, 3.05) is 12.3 Å². The maximum atomic E-state index is 4.32. The second kappa shape index (κ2) is 5.16. The highest BCUT2D eigenvalue weighted by Crippen LogP contribution is 2.38.